The minimum atomic E-state index is -0.00805. The summed E-state index contributed by atoms with van der Waals surface area (Å²) in [6.45, 7) is 6.03. The van der Waals surface area contributed by atoms with Gasteiger partial charge in [-0.05, 0) is 62.1 Å². The maximum absolute atomic E-state index is 12.4. The smallest absolute Gasteiger partial charge is 0.248 e. The Morgan fingerprint density at radius 2 is 1.97 bits per heavy atom. The lowest BCUT2D eigenvalue weighted by Gasteiger charge is -2.38. The van der Waals surface area contributed by atoms with Crippen LogP contribution in [0.4, 0.5) is 5.82 Å². The predicted molar refractivity (Wildman–Crippen MR) is 114 cm³/mol. The fraction of sp³-hybridized carbons (Fsp3) is 0.667. The number of carbonyl (C=O) groups is 1. The van der Waals surface area contributed by atoms with E-state index in [-0.39, 0.29) is 18.6 Å². The first-order chi connectivity index (χ1) is 14.2. The fourth-order valence-corrected chi connectivity index (χ4v) is 5.18. The number of hydrogen-bond acceptors (Lipinski definition) is 7. The molecule has 29 heavy (non-hydrogen) atoms. The molecule has 2 aromatic heterocycles. The summed E-state index contributed by atoms with van der Waals surface area (Å²) in [5, 5.41) is 6.47. The minimum absolute atomic E-state index is 0.00805. The quantitative estimate of drug-likeness (QED) is 0.749. The molecule has 5 rings (SSSR count). The van der Waals surface area contributed by atoms with E-state index in [9.17, 15) is 4.79 Å². The van der Waals surface area contributed by atoms with Crippen LogP contribution in [0.1, 0.15) is 25.7 Å². The molecular weight excluding hydrogens is 386 g/mol. The maximum atomic E-state index is 12.4. The van der Waals surface area contributed by atoms with E-state index in [1.165, 1.54) is 45.3 Å². The van der Waals surface area contributed by atoms with Crippen LogP contribution >= 0.6 is 11.3 Å². The van der Waals surface area contributed by atoms with Gasteiger partial charge in [-0.15, -0.1) is 11.3 Å². The molecular formula is C21H29N5O2S. The van der Waals surface area contributed by atoms with Gasteiger partial charge in [0.05, 0.1) is 11.5 Å². The molecule has 0 aromatic carbocycles. The zero-order valence-electron chi connectivity index (χ0n) is 16.8. The van der Waals surface area contributed by atoms with Crippen molar-refractivity contribution in [3.8, 4) is 0 Å². The van der Waals surface area contributed by atoms with Crippen molar-refractivity contribution in [1.82, 2.24) is 19.8 Å². The summed E-state index contributed by atoms with van der Waals surface area (Å²) in [7, 11) is 0. The number of nitrogens with one attached hydrogen (secondary N) is 1. The van der Waals surface area contributed by atoms with Crippen LogP contribution in [0.2, 0.25) is 0 Å². The van der Waals surface area contributed by atoms with Crippen LogP contribution in [0.3, 0.4) is 0 Å². The van der Waals surface area contributed by atoms with Crippen molar-refractivity contribution in [2.45, 2.75) is 31.8 Å². The zero-order valence-corrected chi connectivity index (χ0v) is 17.6. The number of carbonyl (C=O) groups excluding carboxylic acids is 1. The van der Waals surface area contributed by atoms with Gasteiger partial charge in [-0.3, -0.25) is 4.79 Å². The molecule has 1 N–H and O–H groups in total. The monoisotopic (exact) mass is 415 g/mol. The second-order valence-electron chi connectivity index (χ2n) is 8.66. The van der Waals surface area contributed by atoms with Crippen LogP contribution in [-0.2, 0) is 9.53 Å². The number of anilines is 1. The number of fused-ring (bicyclic) bond motifs is 1. The molecule has 7 nitrogen and oxygen atoms in total. The van der Waals surface area contributed by atoms with Crippen LogP contribution in [0.25, 0.3) is 10.2 Å². The molecule has 0 unspecified atom stereocenters. The topological polar surface area (TPSA) is 70.6 Å². The number of likely N-dealkylation sites (tertiary alicyclic amines) is 1. The van der Waals surface area contributed by atoms with Crippen LogP contribution < -0.4 is 5.32 Å². The van der Waals surface area contributed by atoms with Gasteiger partial charge in [0.1, 0.15) is 23.6 Å². The molecule has 2 aliphatic heterocycles. The SMILES string of the molecule is O=C1CO[C@@H](CNc2ncnc3sccc23)CN1CC1CCN(CC2CC2)CC1. The Balaban J connectivity index is 1.11. The van der Waals surface area contributed by atoms with E-state index < -0.39 is 0 Å². The standard InChI is InChI=1S/C21H29N5O2S/c27-19-13-28-17(9-22-20-18-5-8-29-21(18)24-14-23-20)12-26(19)11-16-3-6-25(7-4-16)10-15-1-2-15/h5,8,14-17H,1-4,6-7,9-13H2,(H,22,23,24)/t17-/m0/s1. The molecule has 1 aliphatic carbocycles. The van der Waals surface area contributed by atoms with Crippen LogP contribution in [0.15, 0.2) is 17.8 Å². The van der Waals surface area contributed by atoms with E-state index in [1.54, 1.807) is 17.7 Å². The van der Waals surface area contributed by atoms with Gasteiger partial charge < -0.3 is 19.9 Å². The van der Waals surface area contributed by atoms with Crippen molar-refractivity contribution >= 4 is 33.3 Å². The second-order valence-corrected chi connectivity index (χ2v) is 9.56. The second kappa shape index (κ2) is 8.53. The molecule has 3 fully saturated rings. The lowest BCUT2D eigenvalue weighted by atomic mass is 9.95. The molecule has 0 radical (unpaired) electrons. The van der Waals surface area contributed by atoms with E-state index in [1.807, 2.05) is 16.3 Å². The third-order valence-corrected chi connectivity index (χ3v) is 7.20. The molecule has 1 amide bonds. The van der Waals surface area contributed by atoms with Crippen molar-refractivity contribution in [3.63, 3.8) is 0 Å². The molecule has 1 saturated carbocycles. The molecule has 8 heteroatoms. The summed E-state index contributed by atoms with van der Waals surface area (Å²) in [5.74, 6) is 2.55. The van der Waals surface area contributed by atoms with Gasteiger partial charge >= 0.3 is 0 Å². The number of amides is 1. The Hall–Kier alpha value is -1.77. The Labute approximate surface area is 175 Å². The van der Waals surface area contributed by atoms with Gasteiger partial charge in [0.25, 0.3) is 0 Å². The Morgan fingerprint density at radius 1 is 1.14 bits per heavy atom. The number of piperidine rings is 1. The van der Waals surface area contributed by atoms with Gasteiger partial charge in [0, 0.05) is 26.2 Å². The highest BCUT2D eigenvalue weighted by molar-refractivity contribution is 7.16. The summed E-state index contributed by atoms with van der Waals surface area (Å²) in [4.78, 5) is 26.7. The van der Waals surface area contributed by atoms with Gasteiger partial charge in [-0.25, -0.2) is 9.97 Å². The molecule has 2 saturated heterocycles. The minimum Gasteiger partial charge on any atom is -0.367 e. The number of thiophene rings is 1. The molecule has 156 valence electrons. The van der Waals surface area contributed by atoms with Gasteiger partial charge in [0.15, 0.2) is 0 Å². The highest BCUT2D eigenvalue weighted by Gasteiger charge is 2.31. The highest BCUT2D eigenvalue weighted by Crippen LogP contribution is 2.31. The van der Waals surface area contributed by atoms with E-state index in [2.05, 4.69) is 20.2 Å². The van der Waals surface area contributed by atoms with Crippen LogP contribution in [-0.4, -0.2) is 77.7 Å². The lowest BCUT2D eigenvalue weighted by Crippen LogP contribution is -2.51. The van der Waals surface area contributed by atoms with Gasteiger partial charge in [0.2, 0.25) is 5.91 Å². The maximum Gasteiger partial charge on any atom is 0.248 e. The lowest BCUT2D eigenvalue weighted by molar-refractivity contribution is -0.149. The Bertz CT molecular complexity index is 846. The molecule has 1 atom stereocenters. The molecule has 3 aliphatic rings. The third-order valence-electron chi connectivity index (χ3n) is 6.38. The number of nitrogens with zero attached hydrogens (tertiary/aromatic N) is 4. The average molecular weight is 416 g/mol. The molecule has 0 bridgehead atoms. The Kier molecular flexibility index (Phi) is 5.65. The highest BCUT2D eigenvalue weighted by atomic mass is 32.1. The fourth-order valence-electron chi connectivity index (χ4n) is 4.45. The number of morpholine rings is 1. The first kappa shape index (κ1) is 19.2. The van der Waals surface area contributed by atoms with Crippen molar-refractivity contribution in [1.29, 1.82) is 0 Å². The van der Waals surface area contributed by atoms with Crippen LogP contribution in [0, 0.1) is 11.8 Å². The van der Waals surface area contributed by atoms with E-state index in [0.717, 1.165) is 28.5 Å². The first-order valence-electron chi connectivity index (χ1n) is 10.8. The summed E-state index contributed by atoms with van der Waals surface area (Å²) >= 11 is 1.61. The van der Waals surface area contributed by atoms with Gasteiger partial charge in [-0.2, -0.15) is 0 Å². The average Bonchev–Trinajstić information content (AvgIpc) is 3.42. The van der Waals surface area contributed by atoms with Crippen molar-refractivity contribution in [2.75, 3.05) is 51.2 Å². The predicted octanol–water partition coefficient (Wildman–Crippen LogP) is 2.45. The summed E-state index contributed by atoms with van der Waals surface area (Å²) in [6, 6.07) is 2.04. The normalized spacial score (nSPS) is 24.3. The van der Waals surface area contributed by atoms with E-state index in [0.29, 0.717) is 19.0 Å². The number of rotatable bonds is 7. The molecule has 2 aromatic rings. The summed E-state index contributed by atoms with van der Waals surface area (Å²) < 4.78 is 5.79. The van der Waals surface area contributed by atoms with Crippen molar-refractivity contribution in [3.05, 3.63) is 17.8 Å². The summed E-state index contributed by atoms with van der Waals surface area (Å²) in [5.41, 5.74) is 0. The van der Waals surface area contributed by atoms with E-state index in [4.69, 9.17) is 4.74 Å². The Morgan fingerprint density at radius 3 is 2.79 bits per heavy atom. The van der Waals surface area contributed by atoms with Crippen molar-refractivity contribution < 1.29 is 9.53 Å². The zero-order chi connectivity index (χ0) is 19.6. The first-order valence-corrected chi connectivity index (χ1v) is 11.7. The largest absolute Gasteiger partial charge is 0.367 e. The van der Waals surface area contributed by atoms with Gasteiger partial charge in [-0.1, -0.05) is 0 Å². The van der Waals surface area contributed by atoms with E-state index >= 15 is 0 Å². The molecule has 0 spiro atoms. The summed E-state index contributed by atoms with van der Waals surface area (Å²) in [6.07, 6.45) is 6.84. The number of aromatic nitrogens is 2. The molecule has 4 heterocycles. The number of hydrogen-bond donors (Lipinski definition) is 1. The number of ether oxygens (including phenoxy) is 1. The third kappa shape index (κ3) is 4.70. The van der Waals surface area contributed by atoms with Crippen molar-refractivity contribution in [2.24, 2.45) is 11.8 Å². The van der Waals surface area contributed by atoms with Crippen LogP contribution in [0.5, 0.6) is 0 Å².